The zero-order chi connectivity index (χ0) is 13.9. The maximum atomic E-state index is 11.9. The van der Waals surface area contributed by atoms with E-state index in [4.69, 9.17) is 4.74 Å². The number of amides is 1. The maximum Gasteiger partial charge on any atom is 0.224 e. The zero-order valence-electron chi connectivity index (χ0n) is 12.0. The summed E-state index contributed by atoms with van der Waals surface area (Å²) in [6, 6.07) is 8.11. The summed E-state index contributed by atoms with van der Waals surface area (Å²) < 4.78 is 5.28. The van der Waals surface area contributed by atoms with Crippen molar-refractivity contribution in [1.29, 1.82) is 0 Å². The summed E-state index contributed by atoms with van der Waals surface area (Å²) in [4.78, 5) is 11.9. The molecule has 0 radical (unpaired) electrons. The van der Waals surface area contributed by atoms with Crippen molar-refractivity contribution >= 4 is 11.6 Å². The lowest BCUT2D eigenvalue weighted by Crippen LogP contribution is -2.17. The van der Waals surface area contributed by atoms with Gasteiger partial charge >= 0.3 is 0 Å². The van der Waals surface area contributed by atoms with Gasteiger partial charge in [0.2, 0.25) is 5.91 Å². The summed E-state index contributed by atoms with van der Waals surface area (Å²) in [5, 5.41) is 2.95. The third-order valence-corrected chi connectivity index (χ3v) is 3.53. The molecule has 0 bridgehead atoms. The largest absolute Gasteiger partial charge is 0.381 e. The van der Waals surface area contributed by atoms with Gasteiger partial charge < -0.3 is 10.1 Å². The lowest BCUT2D eigenvalue weighted by molar-refractivity contribution is -0.117. The standard InChI is InChI=1S/C16H23NO2/c1-16(2,3)13-4-6-14(7-5-13)17-15(18)10-12-8-9-19-11-12/h4-7,12H,8-11H2,1-3H3,(H,17,18)/t12-/m0/s1. The summed E-state index contributed by atoms with van der Waals surface area (Å²) in [7, 11) is 0. The second kappa shape index (κ2) is 5.74. The molecule has 19 heavy (non-hydrogen) atoms. The number of anilines is 1. The fourth-order valence-electron chi connectivity index (χ4n) is 2.27. The van der Waals surface area contributed by atoms with Crippen LogP contribution in [0.4, 0.5) is 5.69 Å². The Bertz CT molecular complexity index is 425. The van der Waals surface area contributed by atoms with Gasteiger partial charge in [-0.05, 0) is 35.4 Å². The van der Waals surface area contributed by atoms with Crippen molar-refractivity contribution in [1.82, 2.24) is 0 Å². The molecule has 0 saturated carbocycles. The predicted octanol–water partition coefficient (Wildman–Crippen LogP) is 3.35. The Kier molecular flexibility index (Phi) is 4.25. The van der Waals surface area contributed by atoms with Gasteiger partial charge in [-0.2, -0.15) is 0 Å². The first-order valence-electron chi connectivity index (χ1n) is 6.93. The van der Waals surface area contributed by atoms with Crippen LogP contribution in [0, 0.1) is 5.92 Å². The molecule has 1 aromatic carbocycles. The second-order valence-corrected chi connectivity index (χ2v) is 6.31. The molecule has 1 aliphatic heterocycles. The summed E-state index contributed by atoms with van der Waals surface area (Å²) in [5.74, 6) is 0.466. The molecule has 0 aliphatic carbocycles. The van der Waals surface area contributed by atoms with Gasteiger partial charge in [-0.25, -0.2) is 0 Å². The van der Waals surface area contributed by atoms with Crippen molar-refractivity contribution in [2.75, 3.05) is 18.5 Å². The molecule has 1 heterocycles. The molecule has 1 saturated heterocycles. The normalized spacial score (nSPS) is 19.4. The first-order valence-corrected chi connectivity index (χ1v) is 6.93. The van der Waals surface area contributed by atoms with Gasteiger partial charge in [0, 0.05) is 25.3 Å². The summed E-state index contributed by atoms with van der Waals surface area (Å²) in [5.41, 5.74) is 2.29. The van der Waals surface area contributed by atoms with Crippen LogP contribution in [-0.4, -0.2) is 19.1 Å². The minimum Gasteiger partial charge on any atom is -0.381 e. The van der Waals surface area contributed by atoms with Gasteiger partial charge in [0.1, 0.15) is 0 Å². The van der Waals surface area contributed by atoms with E-state index in [1.165, 1.54) is 5.56 Å². The Morgan fingerprint density at radius 2 is 2.00 bits per heavy atom. The van der Waals surface area contributed by atoms with Crippen molar-refractivity contribution < 1.29 is 9.53 Å². The lowest BCUT2D eigenvalue weighted by Gasteiger charge is -2.19. The first-order chi connectivity index (χ1) is 8.95. The van der Waals surface area contributed by atoms with Crippen molar-refractivity contribution in [3.63, 3.8) is 0 Å². The number of nitrogens with one attached hydrogen (secondary N) is 1. The van der Waals surface area contributed by atoms with Gasteiger partial charge in [0.25, 0.3) is 0 Å². The van der Waals surface area contributed by atoms with Crippen molar-refractivity contribution in [3.05, 3.63) is 29.8 Å². The van der Waals surface area contributed by atoms with E-state index in [-0.39, 0.29) is 11.3 Å². The third-order valence-electron chi connectivity index (χ3n) is 3.53. The smallest absolute Gasteiger partial charge is 0.224 e. The molecular weight excluding hydrogens is 238 g/mol. The van der Waals surface area contributed by atoms with Crippen LogP contribution in [-0.2, 0) is 14.9 Å². The summed E-state index contributed by atoms with van der Waals surface area (Å²) >= 11 is 0. The van der Waals surface area contributed by atoms with Gasteiger partial charge in [-0.3, -0.25) is 4.79 Å². The van der Waals surface area contributed by atoms with Gasteiger partial charge in [0.15, 0.2) is 0 Å². The third kappa shape index (κ3) is 4.06. The molecule has 1 aliphatic rings. The Morgan fingerprint density at radius 1 is 1.32 bits per heavy atom. The topological polar surface area (TPSA) is 38.3 Å². The van der Waals surface area contributed by atoms with E-state index < -0.39 is 0 Å². The van der Waals surface area contributed by atoms with E-state index in [1.807, 2.05) is 12.1 Å². The molecule has 3 nitrogen and oxygen atoms in total. The Hall–Kier alpha value is -1.35. The van der Waals surface area contributed by atoms with Crippen LogP contribution in [0.1, 0.15) is 39.2 Å². The van der Waals surface area contributed by atoms with Crippen LogP contribution in [0.5, 0.6) is 0 Å². The Balaban J connectivity index is 1.90. The zero-order valence-corrected chi connectivity index (χ0v) is 12.0. The number of carbonyl (C=O) groups excluding carboxylic acids is 1. The predicted molar refractivity (Wildman–Crippen MR) is 77.3 cm³/mol. The monoisotopic (exact) mass is 261 g/mol. The molecule has 0 unspecified atom stereocenters. The minimum absolute atomic E-state index is 0.0824. The van der Waals surface area contributed by atoms with Crippen molar-refractivity contribution in [2.24, 2.45) is 5.92 Å². The van der Waals surface area contributed by atoms with Gasteiger partial charge in [-0.1, -0.05) is 32.9 Å². The SMILES string of the molecule is CC(C)(C)c1ccc(NC(=O)C[C@@H]2CCOC2)cc1. The van der Waals surface area contributed by atoms with E-state index in [2.05, 4.69) is 38.2 Å². The minimum atomic E-state index is 0.0824. The van der Waals surface area contributed by atoms with Crippen LogP contribution in [0.2, 0.25) is 0 Å². The highest BCUT2D eigenvalue weighted by molar-refractivity contribution is 5.90. The highest BCUT2D eigenvalue weighted by atomic mass is 16.5. The van der Waals surface area contributed by atoms with Crippen LogP contribution < -0.4 is 5.32 Å². The van der Waals surface area contributed by atoms with Crippen LogP contribution >= 0.6 is 0 Å². The number of hydrogen-bond acceptors (Lipinski definition) is 2. The van der Waals surface area contributed by atoms with E-state index >= 15 is 0 Å². The highest BCUT2D eigenvalue weighted by Gasteiger charge is 2.19. The van der Waals surface area contributed by atoms with E-state index in [1.54, 1.807) is 0 Å². The lowest BCUT2D eigenvalue weighted by atomic mass is 9.87. The molecule has 0 aromatic heterocycles. The molecule has 1 atom stereocenters. The highest BCUT2D eigenvalue weighted by Crippen LogP contribution is 2.24. The fourth-order valence-corrected chi connectivity index (χ4v) is 2.27. The van der Waals surface area contributed by atoms with Crippen LogP contribution in [0.15, 0.2) is 24.3 Å². The number of ether oxygens (including phenoxy) is 1. The fraction of sp³-hybridized carbons (Fsp3) is 0.562. The van der Waals surface area contributed by atoms with Crippen LogP contribution in [0.3, 0.4) is 0 Å². The number of hydrogen-bond donors (Lipinski definition) is 1. The van der Waals surface area contributed by atoms with Crippen molar-refractivity contribution in [3.8, 4) is 0 Å². The maximum absolute atomic E-state index is 11.9. The number of rotatable bonds is 3. The summed E-state index contributed by atoms with van der Waals surface area (Å²) in [6.07, 6.45) is 1.55. The molecule has 0 spiro atoms. The Labute approximate surface area is 115 Å². The molecule has 1 fully saturated rings. The molecule has 1 N–H and O–H groups in total. The molecule has 1 aromatic rings. The van der Waals surface area contributed by atoms with Gasteiger partial charge in [-0.15, -0.1) is 0 Å². The number of carbonyl (C=O) groups is 1. The second-order valence-electron chi connectivity index (χ2n) is 6.31. The van der Waals surface area contributed by atoms with Crippen molar-refractivity contribution in [2.45, 2.75) is 39.0 Å². The van der Waals surface area contributed by atoms with E-state index in [9.17, 15) is 4.79 Å². The van der Waals surface area contributed by atoms with E-state index in [0.717, 1.165) is 25.3 Å². The van der Waals surface area contributed by atoms with Gasteiger partial charge in [0.05, 0.1) is 0 Å². The number of benzene rings is 1. The molecular formula is C16H23NO2. The summed E-state index contributed by atoms with van der Waals surface area (Å²) in [6.45, 7) is 8.05. The van der Waals surface area contributed by atoms with E-state index in [0.29, 0.717) is 12.3 Å². The van der Waals surface area contributed by atoms with Crippen LogP contribution in [0.25, 0.3) is 0 Å². The average molecular weight is 261 g/mol. The quantitative estimate of drug-likeness (QED) is 0.906. The average Bonchev–Trinajstić information content (AvgIpc) is 2.81. The molecule has 3 heteroatoms. The molecule has 104 valence electrons. The molecule has 2 rings (SSSR count). The Morgan fingerprint density at radius 3 is 2.53 bits per heavy atom. The molecule has 1 amide bonds. The first kappa shape index (κ1) is 14.1.